The number of rotatable bonds is 6. The molecule has 1 fully saturated rings. The van der Waals surface area contributed by atoms with Gasteiger partial charge in [-0.3, -0.25) is 9.59 Å². The molecule has 4 rings (SSSR count). The third kappa shape index (κ3) is 4.64. The Kier molecular flexibility index (Phi) is 5.91. The fourth-order valence-electron chi connectivity index (χ4n) is 3.83. The van der Waals surface area contributed by atoms with Gasteiger partial charge in [-0.2, -0.15) is 16.9 Å². The van der Waals surface area contributed by atoms with E-state index < -0.39 is 0 Å². The van der Waals surface area contributed by atoms with E-state index in [-0.39, 0.29) is 24.5 Å². The van der Waals surface area contributed by atoms with E-state index in [0.717, 1.165) is 53.3 Å². The van der Waals surface area contributed by atoms with Crippen molar-refractivity contribution in [1.29, 1.82) is 0 Å². The number of carbonyl (C=O) groups excluding carboxylic acids is 2. The molecule has 0 spiro atoms. The van der Waals surface area contributed by atoms with Gasteiger partial charge in [0.05, 0.1) is 11.8 Å². The van der Waals surface area contributed by atoms with Gasteiger partial charge in [-0.25, -0.2) is 4.68 Å². The van der Waals surface area contributed by atoms with Gasteiger partial charge in [0.2, 0.25) is 5.91 Å². The van der Waals surface area contributed by atoms with Crippen LogP contribution in [0.1, 0.15) is 45.6 Å². The van der Waals surface area contributed by atoms with E-state index in [1.54, 1.807) is 16.4 Å². The number of ether oxygens (including phenoxy) is 1. The largest absolute Gasteiger partial charge is 0.376 e. The zero-order valence-corrected chi connectivity index (χ0v) is 17.6. The van der Waals surface area contributed by atoms with Gasteiger partial charge in [0.15, 0.2) is 0 Å². The summed E-state index contributed by atoms with van der Waals surface area (Å²) in [6, 6.07) is 5.77. The molecule has 3 heterocycles. The Morgan fingerprint density at radius 1 is 1.24 bits per heavy atom. The standard InChI is InChI=1S/C21H26N4O3S/c1-13-6-14(2)8-15(7-13)21(27)23-20-17-11-29-12-18(17)24-25(20)10-19(26)22-9-16-4-3-5-28-16/h6-8,16H,3-5,9-12H2,1-2H3,(H,22,26)(H,23,27). The summed E-state index contributed by atoms with van der Waals surface area (Å²) in [5.41, 5.74) is 4.64. The number of hydrogen-bond acceptors (Lipinski definition) is 5. The molecule has 2 amide bonds. The summed E-state index contributed by atoms with van der Waals surface area (Å²) in [4.78, 5) is 25.3. The average molecular weight is 415 g/mol. The molecule has 1 saturated heterocycles. The minimum atomic E-state index is -0.183. The number of benzene rings is 1. The second-order valence-electron chi connectivity index (χ2n) is 7.69. The van der Waals surface area contributed by atoms with E-state index in [0.29, 0.717) is 17.9 Å². The lowest BCUT2D eigenvalue weighted by atomic mass is 10.1. The third-order valence-corrected chi connectivity index (χ3v) is 6.15. The predicted molar refractivity (Wildman–Crippen MR) is 113 cm³/mol. The topological polar surface area (TPSA) is 85.2 Å². The molecule has 0 radical (unpaired) electrons. The molecular formula is C21H26N4O3S. The van der Waals surface area contributed by atoms with E-state index in [9.17, 15) is 9.59 Å². The van der Waals surface area contributed by atoms with Crippen molar-refractivity contribution in [2.24, 2.45) is 0 Å². The maximum absolute atomic E-state index is 12.9. The number of aromatic nitrogens is 2. The molecule has 7 nitrogen and oxygen atoms in total. The van der Waals surface area contributed by atoms with Crippen molar-refractivity contribution in [2.75, 3.05) is 18.5 Å². The molecule has 1 aromatic carbocycles. The Labute approximate surface area is 174 Å². The average Bonchev–Trinajstić information content (AvgIpc) is 3.39. The molecule has 1 unspecified atom stereocenters. The van der Waals surface area contributed by atoms with Gasteiger partial charge in [0.1, 0.15) is 12.4 Å². The van der Waals surface area contributed by atoms with Crippen LogP contribution in [0.4, 0.5) is 5.82 Å². The second-order valence-corrected chi connectivity index (χ2v) is 8.68. The summed E-state index contributed by atoms with van der Waals surface area (Å²) in [6.45, 7) is 5.30. The molecule has 0 saturated carbocycles. The van der Waals surface area contributed by atoms with Crippen LogP contribution in [-0.4, -0.2) is 40.9 Å². The highest BCUT2D eigenvalue weighted by Crippen LogP contribution is 2.35. The molecule has 0 aliphatic carbocycles. The molecular weight excluding hydrogens is 388 g/mol. The number of nitrogens with one attached hydrogen (secondary N) is 2. The van der Waals surface area contributed by atoms with E-state index in [2.05, 4.69) is 15.7 Å². The first-order chi connectivity index (χ1) is 14.0. The number of aryl methyl sites for hydroxylation is 2. The molecule has 29 heavy (non-hydrogen) atoms. The van der Waals surface area contributed by atoms with Gasteiger partial charge in [0, 0.05) is 35.8 Å². The van der Waals surface area contributed by atoms with Crippen molar-refractivity contribution in [3.63, 3.8) is 0 Å². The molecule has 2 aromatic rings. The highest BCUT2D eigenvalue weighted by molar-refractivity contribution is 7.98. The molecule has 2 N–H and O–H groups in total. The van der Waals surface area contributed by atoms with Crippen LogP contribution in [0.15, 0.2) is 18.2 Å². The number of hydrogen-bond donors (Lipinski definition) is 2. The van der Waals surface area contributed by atoms with E-state index in [4.69, 9.17) is 4.74 Å². The van der Waals surface area contributed by atoms with Crippen molar-refractivity contribution in [1.82, 2.24) is 15.1 Å². The first kappa shape index (κ1) is 20.0. The molecule has 0 bridgehead atoms. The molecule has 1 aromatic heterocycles. The normalized spacial score (nSPS) is 17.9. The van der Waals surface area contributed by atoms with Gasteiger partial charge in [0.25, 0.3) is 5.91 Å². The zero-order chi connectivity index (χ0) is 20.4. The molecule has 8 heteroatoms. The van der Waals surface area contributed by atoms with Crippen molar-refractivity contribution in [2.45, 2.75) is 50.8 Å². The summed E-state index contributed by atoms with van der Waals surface area (Å²) in [6.07, 6.45) is 2.12. The number of amides is 2. The van der Waals surface area contributed by atoms with Crippen LogP contribution in [0.5, 0.6) is 0 Å². The van der Waals surface area contributed by atoms with Crippen LogP contribution < -0.4 is 10.6 Å². The SMILES string of the molecule is Cc1cc(C)cc(C(=O)Nc2c3c(nn2CC(=O)NCC2CCCO2)CSC3)c1. The fraction of sp³-hybridized carbons (Fsp3) is 0.476. The maximum atomic E-state index is 12.9. The lowest BCUT2D eigenvalue weighted by molar-refractivity contribution is -0.122. The zero-order valence-electron chi connectivity index (χ0n) is 16.8. The van der Waals surface area contributed by atoms with Crippen LogP contribution in [0.3, 0.4) is 0 Å². The summed E-state index contributed by atoms with van der Waals surface area (Å²) in [7, 11) is 0. The summed E-state index contributed by atoms with van der Waals surface area (Å²) in [5.74, 6) is 1.90. The van der Waals surface area contributed by atoms with Gasteiger partial charge in [-0.05, 0) is 38.8 Å². The van der Waals surface area contributed by atoms with Gasteiger partial charge >= 0.3 is 0 Å². The molecule has 154 valence electrons. The van der Waals surface area contributed by atoms with Crippen LogP contribution in [0, 0.1) is 13.8 Å². The van der Waals surface area contributed by atoms with Gasteiger partial charge in [-0.15, -0.1) is 0 Å². The predicted octanol–water partition coefficient (Wildman–Crippen LogP) is 2.79. The first-order valence-corrected chi connectivity index (χ1v) is 11.1. The minimum absolute atomic E-state index is 0.0762. The monoisotopic (exact) mass is 414 g/mol. The molecule has 1 atom stereocenters. The highest BCUT2D eigenvalue weighted by atomic mass is 32.2. The van der Waals surface area contributed by atoms with Gasteiger partial charge in [-0.1, -0.05) is 17.2 Å². The van der Waals surface area contributed by atoms with E-state index >= 15 is 0 Å². The Morgan fingerprint density at radius 2 is 2.03 bits per heavy atom. The first-order valence-electron chi connectivity index (χ1n) is 9.94. The van der Waals surface area contributed by atoms with Crippen molar-refractivity contribution in [3.8, 4) is 0 Å². The lowest BCUT2D eigenvalue weighted by Crippen LogP contribution is -2.34. The number of anilines is 1. The van der Waals surface area contributed by atoms with Crippen LogP contribution in [-0.2, 0) is 27.6 Å². The van der Waals surface area contributed by atoms with Crippen LogP contribution in [0.25, 0.3) is 0 Å². The fourth-order valence-corrected chi connectivity index (χ4v) is 4.87. The molecule has 2 aliphatic heterocycles. The van der Waals surface area contributed by atoms with Crippen LogP contribution in [0.2, 0.25) is 0 Å². The number of carbonyl (C=O) groups is 2. The Hall–Kier alpha value is -2.32. The van der Waals surface area contributed by atoms with Crippen molar-refractivity contribution in [3.05, 3.63) is 46.1 Å². The smallest absolute Gasteiger partial charge is 0.256 e. The van der Waals surface area contributed by atoms with Crippen molar-refractivity contribution < 1.29 is 14.3 Å². The Morgan fingerprint density at radius 3 is 2.76 bits per heavy atom. The number of fused-ring (bicyclic) bond motifs is 1. The van der Waals surface area contributed by atoms with E-state index in [1.165, 1.54) is 0 Å². The Bertz CT molecular complexity index is 914. The van der Waals surface area contributed by atoms with E-state index in [1.807, 2.05) is 32.0 Å². The summed E-state index contributed by atoms with van der Waals surface area (Å²) in [5, 5.41) is 10.5. The molecule has 2 aliphatic rings. The van der Waals surface area contributed by atoms with Crippen LogP contribution >= 0.6 is 11.8 Å². The third-order valence-electron chi connectivity index (χ3n) is 5.18. The van der Waals surface area contributed by atoms with Crippen molar-refractivity contribution >= 4 is 29.4 Å². The summed E-state index contributed by atoms with van der Waals surface area (Å²) >= 11 is 1.76. The number of thioether (sulfide) groups is 1. The van der Waals surface area contributed by atoms with Gasteiger partial charge < -0.3 is 15.4 Å². The Balaban J connectivity index is 1.48. The highest BCUT2D eigenvalue weighted by Gasteiger charge is 2.25. The lowest BCUT2D eigenvalue weighted by Gasteiger charge is -2.13. The summed E-state index contributed by atoms with van der Waals surface area (Å²) < 4.78 is 7.17. The quantitative estimate of drug-likeness (QED) is 0.759. The number of nitrogens with zero attached hydrogens (tertiary/aromatic N) is 2. The second kappa shape index (κ2) is 8.59. The minimum Gasteiger partial charge on any atom is -0.376 e. The maximum Gasteiger partial charge on any atom is 0.256 e.